The van der Waals surface area contributed by atoms with Gasteiger partial charge in [-0.1, -0.05) is 19.9 Å². The number of hydrogen-bond donors (Lipinski definition) is 1. The molecule has 0 bridgehead atoms. The summed E-state index contributed by atoms with van der Waals surface area (Å²) in [5.41, 5.74) is 1.50. The predicted molar refractivity (Wildman–Crippen MR) is 81.4 cm³/mol. The Bertz CT molecular complexity index is 649. The molecule has 0 aliphatic carbocycles. The van der Waals surface area contributed by atoms with E-state index in [1.165, 1.54) is 6.33 Å². The Balaban J connectivity index is 2.28. The molecular formula is C16H18N4O. The standard InChI is InChI=1S/C16H18N4O/c1-3-8-18-15-14(4-2)16(20-11-19-15)21-13-7-5-6-12(9-13)10-17/h5-7,9,11H,3-4,8H2,1-2H3,(H,18,19,20). The van der Waals surface area contributed by atoms with Gasteiger partial charge in [-0.2, -0.15) is 5.26 Å². The first-order chi connectivity index (χ1) is 10.3. The van der Waals surface area contributed by atoms with Crippen LogP contribution in [0.5, 0.6) is 11.6 Å². The van der Waals surface area contributed by atoms with Crippen LogP contribution in [0, 0.1) is 11.3 Å². The lowest BCUT2D eigenvalue weighted by molar-refractivity contribution is 0.455. The quantitative estimate of drug-likeness (QED) is 0.877. The zero-order valence-corrected chi connectivity index (χ0v) is 12.3. The second kappa shape index (κ2) is 7.25. The van der Waals surface area contributed by atoms with E-state index in [1.54, 1.807) is 18.2 Å². The highest BCUT2D eigenvalue weighted by Crippen LogP contribution is 2.27. The highest BCUT2D eigenvalue weighted by Gasteiger charge is 2.11. The molecule has 0 aliphatic rings. The van der Waals surface area contributed by atoms with E-state index in [4.69, 9.17) is 10.00 Å². The van der Waals surface area contributed by atoms with Crippen molar-refractivity contribution in [2.24, 2.45) is 0 Å². The molecule has 0 spiro atoms. The lowest BCUT2D eigenvalue weighted by atomic mass is 10.2. The van der Waals surface area contributed by atoms with Crippen LogP contribution in [0.1, 0.15) is 31.4 Å². The van der Waals surface area contributed by atoms with Crippen LogP contribution in [0.15, 0.2) is 30.6 Å². The third-order valence-electron chi connectivity index (χ3n) is 2.98. The summed E-state index contributed by atoms with van der Waals surface area (Å²) in [5.74, 6) is 1.94. The number of nitrogens with zero attached hydrogens (tertiary/aromatic N) is 3. The Morgan fingerprint density at radius 2 is 2.14 bits per heavy atom. The Morgan fingerprint density at radius 1 is 1.29 bits per heavy atom. The Morgan fingerprint density at radius 3 is 2.86 bits per heavy atom. The monoisotopic (exact) mass is 282 g/mol. The highest BCUT2D eigenvalue weighted by atomic mass is 16.5. The molecule has 2 rings (SSSR count). The minimum absolute atomic E-state index is 0.529. The lowest BCUT2D eigenvalue weighted by Crippen LogP contribution is -2.07. The molecule has 0 fully saturated rings. The van der Waals surface area contributed by atoms with Crippen molar-refractivity contribution in [3.8, 4) is 17.7 Å². The predicted octanol–water partition coefficient (Wildman–Crippen LogP) is 3.52. The van der Waals surface area contributed by atoms with Gasteiger partial charge in [0.05, 0.1) is 17.2 Å². The second-order valence-electron chi connectivity index (χ2n) is 4.53. The van der Waals surface area contributed by atoms with Gasteiger partial charge >= 0.3 is 0 Å². The van der Waals surface area contributed by atoms with Crippen LogP contribution in [-0.4, -0.2) is 16.5 Å². The van der Waals surface area contributed by atoms with Crippen molar-refractivity contribution in [2.45, 2.75) is 26.7 Å². The highest BCUT2D eigenvalue weighted by molar-refractivity contribution is 5.50. The summed E-state index contributed by atoms with van der Waals surface area (Å²) >= 11 is 0. The van der Waals surface area contributed by atoms with Crippen LogP contribution in [0.25, 0.3) is 0 Å². The van der Waals surface area contributed by atoms with E-state index in [0.717, 1.165) is 30.8 Å². The van der Waals surface area contributed by atoms with Gasteiger partial charge in [0.1, 0.15) is 17.9 Å². The Hall–Kier alpha value is -2.61. The zero-order valence-electron chi connectivity index (χ0n) is 12.3. The van der Waals surface area contributed by atoms with Gasteiger partial charge in [-0.25, -0.2) is 9.97 Å². The summed E-state index contributed by atoms with van der Waals surface area (Å²) in [6.07, 6.45) is 3.27. The smallest absolute Gasteiger partial charge is 0.227 e. The number of nitrogens with one attached hydrogen (secondary N) is 1. The Labute approximate surface area is 124 Å². The zero-order chi connectivity index (χ0) is 15.1. The number of anilines is 1. The van der Waals surface area contributed by atoms with E-state index in [0.29, 0.717) is 17.2 Å². The van der Waals surface area contributed by atoms with Crippen LogP contribution < -0.4 is 10.1 Å². The molecule has 0 amide bonds. The molecule has 1 aromatic carbocycles. The van der Waals surface area contributed by atoms with Crippen molar-refractivity contribution >= 4 is 5.82 Å². The number of hydrogen-bond acceptors (Lipinski definition) is 5. The summed E-state index contributed by atoms with van der Waals surface area (Å²) in [6.45, 7) is 4.99. The van der Waals surface area contributed by atoms with Gasteiger partial charge in [0.2, 0.25) is 5.88 Å². The number of ether oxygens (including phenoxy) is 1. The molecule has 1 N–H and O–H groups in total. The number of aromatic nitrogens is 2. The molecule has 108 valence electrons. The van der Waals surface area contributed by atoms with Gasteiger partial charge in [-0.3, -0.25) is 0 Å². The summed E-state index contributed by atoms with van der Waals surface area (Å²) in [6, 6.07) is 9.12. The first kappa shape index (κ1) is 14.8. The summed E-state index contributed by atoms with van der Waals surface area (Å²) in [7, 11) is 0. The average Bonchev–Trinajstić information content (AvgIpc) is 2.53. The van der Waals surface area contributed by atoms with Crippen molar-refractivity contribution in [3.05, 3.63) is 41.7 Å². The lowest BCUT2D eigenvalue weighted by Gasteiger charge is -2.13. The normalized spacial score (nSPS) is 9.95. The molecular weight excluding hydrogens is 264 g/mol. The summed E-state index contributed by atoms with van der Waals surface area (Å²) < 4.78 is 5.82. The van der Waals surface area contributed by atoms with E-state index < -0.39 is 0 Å². The van der Waals surface area contributed by atoms with E-state index in [1.807, 2.05) is 13.0 Å². The van der Waals surface area contributed by atoms with Gasteiger partial charge in [-0.15, -0.1) is 0 Å². The van der Waals surface area contributed by atoms with Gasteiger partial charge < -0.3 is 10.1 Å². The van der Waals surface area contributed by atoms with Crippen LogP contribution in [-0.2, 0) is 6.42 Å². The minimum Gasteiger partial charge on any atom is -0.439 e. The van der Waals surface area contributed by atoms with Crippen molar-refractivity contribution in [3.63, 3.8) is 0 Å². The molecule has 21 heavy (non-hydrogen) atoms. The van der Waals surface area contributed by atoms with Gasteiger partial charge in [-0.05, 0) is 31.0 Å². The fourth-order valence-corrected chi connectivity index (χ4v) is 1.94. The molecule has 5 nitrogen and oxygen atoms in total. The molecule has 5 heteroatoms. The number of rotatable bonds is 6. The third-order valence-corrected chi connectivity index (χ3v) is 2.98. The molecule has 0 atom stereocenters. The summed E-state index contributed by atoms with van der Waals surface area (Å²) in [5, 5.41) is 12.2. The molecule has 2 aromatic rings. The van der Waals surface area contributed by atoms with E-state index in [9.17, 15) is 0 Å². The maximum absolute atomic E-state index is 8.93. The van der Waals surface area contributed by atoms with Crippen molar-refractivity contribution in [2.75, 3.05) is 11.9 Å². The Kier molecular flexibility index (Phi) is 5.10. The molecule has 0 radical (unpaired) electrons. The molecule has 1 heterocycles. The van der Waals surface area contributed by atoms with Gasteiger partial charge in [0, 0.05) is 6.54 Å². The number of benzene rings is 1. The fraction of sp³-hybridized carbons (Fsp3) is 0.312. The second-order valence-corrected chi connectivity index (χ2v) is 4.53. The summed E-state index contributed by atoms with van der Waals surface area (Å²) in [4.78, 5) is 8.48. The van der Waals surface area contributed by atoms with Crippen molar-refractivity contribution < 1.29 is 4.74 Å². The molecule has 0 saturated carbocycles. The number of nitriles is 1. The van der Waals surface area contributed by atoms with Crippen LogP contribution >= 0.6 is 0 Å². The van der Waals surface area contributed by atoms with Crippen LogP contribution in [0.4, 0.5) is 5.82 Å². The average molecular weight is 282 g/mol. The first-order valence-corrected chi connectivity index (χ1v) is 7.04. The molecule has 0 unspecified atom stereocenters. The largest absolute Gasteiger partial charge is 0.439 e. The van der Waals surface area contributed by atoms with Crippen LogP contribution in [0.3, 0.4) is 0 Å². The first-order valence-electron chi connectivity index (χ1n) is 7.04. The van der Waals surface area contributed by atoms with E-state index in [2.05, 4.69) is 28.3 Å². The topological polar surface area (TPSA) is 70.8 Å². The van der Waals surface area contributed by atoms with Crippen molar-refractivity contribution in [1.82, 2.24) is 9.97 Å². The third kappa shape index (κ3) is 3.69. The van der Waals surface area contributed by atoms with Gasteiger partial charge in [0.25, 0.3) is 0 Å². The molecule has 1 aromatic heterocycles. The maximum atomic E-state index is 8.93. The van der Waals surface area contributed by atoms with Gasteiger partial charge in [0.15, 0.2) is 0 Å². The van der Waals surface area contributed by atoms with E-state index >= 15 is 0 Å². The minimum atomic E-state index is 0.529. The van der Waals surface area contributed by atoms with Crippen LogP contribution in [0.2, 0.25) is 0 Å². The van der Waals surface area contributed by atoms with Crippen molar-refractivity contribution in [1.29, 1.82) is 5.26 Å². The maximum Gasteiger partial charge on any atom is 0.227 e. The van der Waals surface area contributed by atoms with E-state index in [-0.39, 0.29) is 0 Å². The SMILES string of the molecule is CCCNc1ncnc(Oc2cccc(C#N)c2)c1CC. The molecule has 0 saturated heterocycles. The molecule has 0 aliphatic heterocycles. The fourth-order valence-electron chi connectivity index (χ4n) is 1.94.